The van der Waals surface area contributed by atoms with Gasteiger partial charge < -0.3 is 24.8 Å². The van der Waals surface area contributed by atoms with Crippen LogP contribution >= 0.6 is 0 Å². The number of hydrogen-bond acceptors (Lipinski definition) is 0. The third-order valence-corrected chi connectivity index (χ3v) is 6.04. The first-order valence-electron chi connectivity index (χ1n) is 11.7. The average Bonchev–Trinajstić information content (AvgIpc) is 3.52. The molecule has 0 heterocycles. The van der Waals surface area contributed by atoms with E-state index < -0.39 is 0 Å². The number of rotatable bonds is 4. The second-order valence-electron chi connectivity index (χ2n) is 8.37. The summed E-state index contributed by atoms with van der Waals surface area (Å²) in [6.07, 6.45) is 17.2. The van der Waals surface area contributed by atoms with Crippen LogP contribution in [0.3, 0.4) is 0 Å². The zero-order chi connectivity index (χ0) is 23.0. The fourth-order valence-corrected chi connectivity index (χ4v) is 4.21. The Balaban J connectivity index is 0.000000241. The van der Waals surface area contributed by atoms with Crippen molar-refractivity contribution in [1.82, 2.24) is 0 Å². The fraction of sp³-hybridized carbons (Fsp3) is 0.0588. The summed E-state index contributed by atoms with van der Waals surface area (Å²) in [5.74, 6) is 0. The summed E-state index contributed by atoms with van der Waals surface area (Å²) in [4.78, 5) is 0. The smallest absolute Gasteiger partial charge is 1.00 e. The SMILES string of the molecule is [C-]1=Cc2ccccc2C1=CCc1ccccc1.[C-]1=Cc2ccccc2C1=CCc1ccccc1.[Cl-].[Cl-].[Zr+4]. The van der Waals surface area contributed by atoms with E-state index in [0.29, 0.717) is 0 Å². The van der Waals surface area contributed by atoms with Crippen molar-refractivity contribution in [1.29, 1.82) is 0 Å². The molecule has 2 aliphatic rings. The second-order valence-corrected chi connectivity index (χ2v) is 8.37. The molecule has 2 aliphatic carbocycles. The first-order valence-corrected chi connectivity index (χ1v) is 11.7. The summed E-state index contributed by atoms with van der Waals surface area (Å²) in [5, 5.41) is 0. The molecule has 180 valence electrons. The average molecular weight is 597 g/mol. The third kappa shape index (κ3) is 8.14. The molecule has 0 N–H and O–H groups in total. The summed E-state index contributed by atoms with van der Waals surface area (Å²) in [6.45, 7) is 0. The fourth-order valence-electron chi connectivity index (χ4n) is 4.21. The molecular formula is C34H26Cl2Zr. The minimum Gasteiger partial charge on any atom is -1.00 e. The molecule has 0 fully saturated rings. The number of hydrogen-bond donors (Lipinski definition) is 0. The summed E-state index contributed by atoms with van der Waals surface area (Å²) in [7, 11) is 0. The summed E-state index contributed by atoms with van der Waals surface area (Å²) in [5.41, 5.74) is 10.2. The van der Waals surface area contributed by atoms with E-state index in [1.54, 1.807) is 0 Å². The molecule has 0 aromatic heterocycles. The number of allylic oxidation sites excluding steroid dienone is 6. The van der Waals surface area contributed by atoms with Crippen molar-refractivity contribution >= 4 is 23.3 Å². The molecule has 4 aromatic rings. The van der Waals surface area contributed by atoms with E-state index in [1.165, 1.54) is 44.5 Å². The van der Waals surface area contributed by atoms with Crippen LogP contribution in [0.4, 0.5) is 0 Å². The second kappa shape index (κ2) is 15.5. The minimum atomic E-state index is 0. The summed E-state index contributed by atoms with van der Waals surface area (Å²) >= 11 is 0. The summed E-state index contributed by atoms with van der Waals surface area (Å²) < 4.78 is 0. The van der Waals surface area contributed by atoms with E-state index in [2.05, 4.69) is 134 Å². The molecule has 0 unspecified atom stereocenters. The molecule has 3 heteroatoms. The monoisotopic (exact) mass is 594 g/mol. The Kier molecular flexibility index (Phi) is 12.8. The van der Waals surface area contributed by atoms with Gasteiger partial charge in [-0.15, -0.1) is 70.8 Å². The predicted octanol–water partition coefficient (Wildman–Crippen LogP) is 2.29. The molecule has 0 aliphatic heterocycles. The minimum absolute atomic E-state index is 0. The Bertz CT molecular complexity index is 1270. The van der Waals surface area contributed by atoms with E-state index in [4.69, 9.17) is 0 Å². The van der Waals surface area contributed by atoms with Gasteiger partial charge in [0.25, 0.3) is 0 Å². The number of benzene rings is 4. The van der Waals surface area contributed by atoms with Gasteiger partial charge in [0.2, 0.25) is 0 Å². The van der Waals surface area contributed by atoms with Gasteiger partial charge in [-0.05, 0) is 12.8 Å². The Morgan fingerprint density at radius 1 is 0.459 bits per heavy atom. The maximum absolute atomic E-state index is 3.33. The quantitative estimate of drug-likeness (QED) is 0.318. The topological polar surface area (TPSA) is 0 Å². The maximum atomic E-state index is 3.33. The Morgan fingerprint density at radius 3 is 1.22 bits per heavy atom. The van der Waals surface area contributed by atoms with E-state index in [-0.39, 0.29) is 51.0 Å². The molecular weight excluding hydrogens is 571 g/mol. The molecule has 0 saturated carbocycles. The predicted molar refractivity (Wildman–Crippen MR) is 145 cm³/mol. The molecule has 0 nitrogen and oxygen atoms in total. The van der Waals surface area contributed by atoms with Crippen molar-refractivity contribution < 1.29 is 51.0 Å². The van der Waals surface area contributed by atoms with Gasteiger partial charge in [0.05, 0.1) is 0 Å². The van der Waals surface area contributed by atoms with Crippen molar-refractivity contribution in [2.24, 2.45) is 0 Å². The normalized spacial score (nSPS) is 13.9. The van der Waals surface area contributed by atoms with E-state index >= 15 is 0 Å². The van der Waals surface area contributed by atoms with E-state index in [0.717, 1.165) is 12.8 Å². The molecule has 0 spiro atoms. The van der Waals surface area contributed by atoms with Gasteiger partial charge in [-0.3, -0.25) is 0 Å². The number of halogens is 2. The zero-order valence-electron chi connectivity index (χ0n) is 20.4. The molecule has 0 amide bonds. The van der Waals surface area contributed by atoms with E-state index in [9.17, 15) is 0 Å². The van der Waals surface area contributed by atoms with Crippen LogP contribution < -0.4 is 24.8 Å². The van der Waals surface area contributed by atoms with Crippen LogP contribution in [0, 0.1) is 12.2 Å². The molecule has 0 saturated heterocycles. The molecule has 0 atom stereocenters. The van der Waals surface area contributed by atoms with Gasteiger partial charge in [-0.25, -0.2) is 0 Å². The molecule has 4 aromatic carbocycles. The van der Waals surface area contributed by atoms with Crippen LogP contribution in [-0.2, 0) is 39.0 Å². The van der Waals surface area contributed by atoms with Crippen LogP contribution in [0.5, 0.6) is 0 Å². The molecule has 37 heavy (non-hydrogen) atoms. The first kappa shape index (κ1) is 30.5. The van der Waals surface area contributed by atoms with Gasteiger partial charge >= 0.3 is 26.2 Å². The van der Waals surface area contributed by atoms with Gasteiger partial charge in [-0.2, -0.15) is 23.3 Å². The first-order chi connectivity index (χ1) is 16.9. The van der Waals surface area contributed by atoms with Crippen LogP contribution in [0.1, 0.15) is 33.4 Å². The van der Waals surface area contributed by atoms with Crippen molar-refractivity contribution in [3.63, 3.8) is 0 Å². The van der Waals surface area contributed by atoms with Crippen molar-refractivity contribution in [3.8, 4) is 0 Å². The third-order valence-electron chi connectivity index (χ3n) is 6.04. The van der Waals surface area contributed by atoms with Crippen LogP contribution in [0.2, 0.25) is 0 Å². The Hall–Kier alpha value is -2.70. The molecule has 0 bridgehead atoms. The largest absolute Gasteiger partial charge is 4.00 e. The van der Waals surface area contributed by atoms with Crippen LogP contribution in [0.15, 0.2) is 121 Å². The van der Waals surface area contributed by atoms with Gasteiger partial charge in [0.1, 0.15) is 0 Å². The zero-order valence-corrected chi connectivity index (χ0v) is 24.3. The van der Waals surface area contributed by atoms with E-state index in [1.807, 2.05) is 12.1 Å². The van der Waals surface area contributed by atoms with Crippen molar-refractivity contribution in [2.75, 3.05) is 0 Å². The van der Waals surface area contributed by atoms with Crippen molar-refractivity contribution in [3.05, 3.63) is 167 Å². The van der Waals surface area contributed by atoms with Gasteiger partial charge in [0, 0.05) is 0 Å². The Morgan fingerprint density at radius 2 is 0.811 bits per heavy atom. The molecule has 6 rings (SSSR count). The van der Waals surface area contributed by atoms with Gasteiger partial charge in [-0.1, -0.05) is 96.1 Å². The number of fused-ring (bicyclic) bond motifs is 2. The Labute approximate surface area is 252 Å². The van der Waals surface area contributed by atoms with Crippen molar-refractivity contribution in [2.45, 2.75) is 12.8 Å². The van der Waals surface area contributed by atoms with Gasteiger partial charge in [0.15, 0.2) is 0 Å². The van der Waals surface area contributed by atoms with Crippen LogP contribution in [-0.4, -0.2) is 0 Å². The maximum Gasteiger partial charge on any atom is 4.00 e. The standard InChI is InChI=1S/2C17H13.2ClH.Zr/c2*1-2-6-14(7-3-1)10-11-16-13-12-15-8-4-5-9-17(15)16;;;/h2*1-9,11-12H,10H2;2*1H;/q2*-1;;;+4/p-2. The summed E-state index contributed by atoms with van der Waals surface area (Å²) in [6, 6.07) is 37.9. The van der Waals surface area contributed by atoms with Crippen LogP contribution in [0.25, 0.3) is 23.3 Å². The molecule has 0 radical (unpaired) electrons.